The topological polar surface area (TPSA) is 89.5 Å². The normalized spacial score (nSPS) is 16.0. The summed E-state index contributed by atoms with van der Waals surface area (Å²) in [5, 5.41) is 5.57. The number of amidine groups is 1. The molecular weight excluding hydrogens is 538 g/mol. The Hall–Kier alpha value is -4.50. The molecule has 5 rings (SSSR count). The molecule has 1 N–H and O–H groups in total. The molecule has 1 amide bonds. The number of hydrogen-bond donors (Lipinski definition) is 1. The number of ether oxygens (including phenoxy) is 3. The van der Waals surface area contributed by atoms with Gasteiger partial charge in [-0.15, -0.1) is 0 Å². The number of aliphatic imine (C=N–C) groups is 1. The van der Waals surface area contributed by atoms with Crippen LogP contribution >= 0.6 is 11.8 Å². The predicted octanol–water partition coefficient (Wildman–Crippen LogP) is 5.69. The lowest BCUT2D eigenvalue weighted by Gasteiger charge is -2.37. The molecule has 0 unspecified atom stereocenters. The fourth-order valence-electron chi connectivity index (χ4n) is 4.93. The monoisotopic (exact) mass is 569 g/mol. The number of carbonyl (C=O) groups is 2. The van der Waals surface area contributed by atoms with E-state index in [2.05, 4.69) is 5.32 Å². The second-order valence-corrected chi connectivity index (χ2v) is 10.1. The van der Waals surface area contributed by atoms with Gasteiger partial charge in [0.15, 0.2) is 16.7 Å². The number of hydrogen-bond acceptors (Lipinski definition) is 8. The molecule has 0 bridgehead atoms. The zero-order valence-electron chi connectivity index (χ0n) is 23.1. The SMILES string of the molecule is CCOC(=O)C1=C(c2ccccc2)N=C2SC=C(CC(=O)NCc3ccccc3)N2[C@H]1c1cccc(OC)c1OC. The fourth-order valence-corrected chi connectivity index (χ4v) is 5.85. The molecule has 2 aliphatic heterocycles. The Labute approximate surface area is 243 Å². The molecule has 0 radical (unpaired) electrons. The Balaban J connectivity index is 1.60. The van der Waals surface area contributed by atoms with Crippen molar-refractivity contribution in [2.24, 2.45) is 4.99 Å². The van der Waals surface area contributed by atoms with Crippen molar-refractivity contribution in [2.45, 2.75) is 25.9 Å². The maximum atomic E-state index is 13.7. The van der Waals surface area contributed by atoms with Crippen molar-refractivity contribution in [1.29, 1.82) is 0 Å². The maximum absolute atomic E-state index is 13.7. The predicted molar refractivity (Wildman–Crippen MR) is 160 cm³/mol. The summed E-state index contributed by atoms with van der Waals surface area (Å²) in [4.78, 5) is 33.8. The van der Waals surface area contributed by atoms with Crippen LogP contribution in [0.2, 0.25) is 0 Å². The van der Waals surface area contributed by atoms with Crippen molar-refractivity contribution in [1.82, 2.24) is 10.2 Å². The minimum Gasteiger partial charge on any atom is -0.493 e. The van der Waals surface area contributed by atoms with Crippen LogP contribution in [0.25, 0.3) is 5.70 Å². The Bertz CT molecular complexity index is 1520. The first-order valence-corrected chi connectivity index (χ1v) is 14.2. The summed E-state index contributed by atoms with van der Waals surface area (Å²) in [5.41, 5.74) is 4.06. The first kappa shape index (κ1) is 28.0. The van der Waals surface area contributed by atoms with Crippen LogP contribution in [0.4, 0.5) is 0 Å². The number of fused-ring (bicyclic) bond motifs is 1. The van der Waals surface area contributed by atoms with Gasteiger partial charge in [-0.05, 0) is 24.0 Å². The third-order valence-electron chi connectivity index (χ3n) is 6.75. The van der Waals surface area contributed by atoms with E-state index in [0.29, 0.717) is 45.7 Å². The summed E-state index contributed by atoms with van der Waals surface area (Å²) < 4.78 is 17.0. The van der Waals surface area contributed by atoms with Crippen LogP contribution in [0.5, 0.6) is 11.5 Å². The molecule has 1 atom stereocenters. The highest BCUT2D eigenvalue weighted by molar-refractivity contribution is 8.16. The molecule has 210 valence electrons. The molecule has 0 saturated heterocycles. The molecular formula is C32H31N3O5S. The number of esters is 1. The lowest BCUT2D eigenvalue weighted by atomic mass is 9.90. The number of rotatable bonds is 10. The average Bonchev–Trinajstić information content (AvgIpc) is 3.41. The number of para-hydroxylation sites is 1. The average molecular weight is 570 g/mol. The van der Waals surface area contributed by atoms with Crippen LogP contribution in [-0.4, -0.2) is 42.8 Å². The minimum atomic E-state index is -0.690. The molecule has 0 saturated carbocycles. The van der Waals surface area contributed by atoms with Crippen molar-refractivity contribution in [3.63, 3.8) is 0 Å². The van der Waals surface area contributed by atoms with Crippen molar-refractivity contribution in [2.75, 3.05) is 20.8 Å². The number of amides is 1. The molecule has 0 spiro atoms. The first-order valence-electron chi connectivity index (χ1n) is 13.3. The van der Waals surface area contributed by atoms with Gasteiger partial charge in [-0.3, -0.25) is 4.79 Å². The van der Waals surface area contributed by atoms with Gasteiger partial charge < -0.3 is 24.4 Å². The molecule has 2 heterocycles. The zero-order valence-corrected chi connectivity index (χ0v) is 23.9. The van der Waals surface area contributed by atoms with Crippen molar-refractivity contribution < 1.29 is 23.8 Å². The van der Waals surface area contributed by atoms with E-state index >= 15 is 0 Å². The molecule has 3 aromatic rings. The molecule has 3 aromatic carbocycles. The van der Waals surface area contributed by atoms with E-state index in [1.54, 1.807) is 27.2 Å². The van der Waals surface area contributed by atoms with Crippen LogP contribution in [-0.2, 0) is 20.9 Å². The highest BCUT2D eigenvalue weighted by atomic mass is 32.2. The molecule has 0 fully saturated rings. The van der Waals surface area contributed by atoms with Gasteiger partial charge in [-0.25, -0.2) is 9.79 Å². The molecule has 0 aromatic heterocycles. The van der Waals surface area contributed by atoms with Crippen LogP contribution in [0, 0.1) is 0 Å². The van der Waals surface area contributed by atoms with E-state index in [0.717, 1.165) is 11.1 Å². The van der Waals surface area contributed by atoms with Gasteiger partial charge in [-0.2, -0.15) is 0 Å². The summed E-state index contributed by atoms with van der Waals surface area (Å²) >= 11 is 1.41. The third kappa shape index (κ3) is 5.85. The molecule has 41 heavy (non-hydrogen) atoms. The number of methoxy groups -OCH3 is 2. The summed E-state index contributed by atoms with van der Waals surface area (Å²) in [5.74, 6) is 0.374. The van der Waals surface area contributed by atoms with E-state index in [9.17, 15) is 9.59 Å². The van der Waals surface area contributed by atoms with E-state index in [-0.39, 0.29) is 18.9 Å². The molecule has 9 heteroatoms. The Kier molecular flexibility index (Phi) is 8.74. The summed E-state index contributed by atoms with van der Waals surface area (Å²) in [7, 11) is 3.14. The lowest BCUT2D eigenvalue weighted by Crippen LogP contribution is -2.38. The Morgan fingerprint density at radius 1 is 0.951 bits per heavy atom. The van der Waals surface area contributed by atoms with E-state index in [4.69, 9.17) is 19.2 Å². The zero-order chi connectivity index (χ0) is 28.8. The van der Waals surface area contributed by atoms with Crippen LogP contribution < -0.4 is 14.8 Å². The largest absolute Gasteiger partial charge is 0.493 e. The number of carbonyl (C=O) groups excluding carboxylic acids is 2. The van der Waals surface area contributed by atoms with Crippen LogP contribution in [0.1, 0.15) is 36.1 Å². The lowest BCUT2D eigenvalue weighted by molar-refractivity contribution is -0.139. The van der Waals surface area contributed by atoms with Crippen LogP contribution in [0.15, 0.2) is 101 Å². The highest BCUT2D eigenvalue weighted by Gasteiger charge is 2.43. The van der Waals surface area contributed by atoms with Gasteiger partial charge in [-0.1, -0.05) is 84.6 Å². The number of thioether (sulfide) groups is 1. The smallest absolute Gasteiger partial charge is 0.338 e. The quantitative estimate of drug-likeness (QED) is 0.314. The van der Waals surface area contributed by atoms with Gasteiger partial charge >= 0.3 is 5.97 Å². The van der Waals surface area contributed by atoms with Crippen molar-refractivity contribution >= 4 is 34.5 Å². The van der Waals surface area contributed by atoms with E-state index in [1.807, 2.05) is 83.1 Å². The molecule has 2 aliphatic rings. The Morgan fingerprint density at radius 2 is 1.68 bits per heavy atom. The maximum Gasteiger partial charge on any atom is 0.338 e. The first-order chi connectivity index (χ1) is 20.0. The third-order valence-corrected chi connectivity index (χ3v) is 7.64. The van der Waals surface area contributed by atoms with Crippen LogP contribution in [0.3, 0.4) is 0 Å². The number of nitrogens with zero attached hydrogens (tertiary/aromatic N) is 2. The van der Waals surface area contributed by atoms with Gasteiger partial charge in [0.25, 0.3) is 0 Å². The number of benzene rings is 3. The highest BCUT2D eigenvalue weighted by Crippen LogP contribution is 2.50. The van der Waals surface area contributed by atoms with Crippen molar-refractivity contribution in [3.8, 4) is 11.5 Å². The van der Waals surface area contributed by atoms with E-state index in [1.165, 1.54) is 11.8 Å². The summed E-state index contributed by atoms with van der Waals surface area (Å²) in [6, 6.07) is 24.2. The van der Waals surface area contributed by atoms with Gasteiger partial charge in [0.1, 0.15) is 0 Å². The minimum absolute atomic E-state index is 0.0956. The van der Waals surface area contributed by atoms with Gasteiger partial charge in [0.05, 0.1) is 44.6 Å². The number of nitrogens with one attached hydrogen (secondary N) is 1. The van der Waals surface area contributed by atoms with Crippen molar-refractivity contribution in [3.05, 3.63) is 112 Å². The van der Waals surface area contributed by atoms with Gasteiger partial charge in [0, 0.05) is 23.4 Å². The summed E-state index contributed by atoms with van der Waals surface area (Å²) in [6.07, 6.45) is 0.0956. The fraction of sp³-hybridized carbons (Fsp3) is 0.219. The molecule has 8 nitrogen and oxygen atoms in total. The molecule has 0 aliphatic carbocycles. The standard InChI is InChI=1S/C32H31N3O5S/c1-4-40-31(37)27-28(22-14-9-6-10-15-22)34-32-35(29(27)24-16-11-17-25(38-2)30(24)39-3)23(20-41-32)18-26(36)33-19-21-12-7-5-8-13-21/h5-17,20,29H,4,18-19H2,1-3H3,(H,33,36)/t29-/m0/s1. The van der Waals surface area contributed by atoms with E-state index < -0.39 is 12.0 Å². The summed E-state index contributed by atoms with van der Waals surface area (Å²) in [6.45, 7) is 2.38. The van der Waals surface area contributed by atoms with Gasteiger partial charge in [0.2, 0.25) is 5.91 Å². The second kappa shape index (κ2) is 12.8. The second-order valence-electron chi connectivity index (χ2n) is 9.26. The Morgan fingerprint density at radius 3 is 2.37 bits per heavy atom.